The van der Waals surface area contributed by atoms with Crippen molar-refractivity contribution >= 4 is 0 Å². The van der Waals surface area contributed by atoms with E-state index in [-0.39, 0.29) is 5.92 Å². The molecule has 7 heteroatoms. The van der Waals surface area contributed by atoms with Crippen LogP contribution in [0.25, 0.3) is 0 Å². The highest BCUT2D eigenvalue weighted by atomic mass is 16.5. The Bertz CT molecular complexity index is 687. The standard InChI is InChI=1S/C28H50O7/c1-8-23(29)17(3)25(31)19(5)27(33)21(7)28(34)20(6)26(32)18(4)24(30)16(2)14-35-15-22-12-10-9-11-13-22/h9-13,16-21,23-34H,8,14-15H2,1-7H3/t16-,17-,18+,19+,20-,21-,23-,24+,25-,26+,27-,28+/m1/s1. The maximum absolute atomic E-state index is 10.9. The summed E-state index contributed by atoms with van der Waals surface area (Å²) in [6.45, 7) is 13.0. The van der Waals surface area contributed by atoms with Gasteiger partial charge in [-0.25, -0.2) is 0 Å². The molecule has 1 aromatic rings. The zero-order chi connectivity index (χ0) is 26.9. The Hall–Kier alpha value is -1.06. The van der Waals surface area contributed by atoms with E-state index in [1.54, 1.807) is 34.6 Å². The lowest BCUT2D eigenvalue weighted by atomic mass is 9.75. The highest BCUT2D eigenvalue weighted by Crippen LogP contribution is 2.31. The number of ether oxygens (including phenoxy) is 1. The molecular weight excluding hydrogens is 448 g/mol. The van der Waals surface area contributed by atoms with Crippen molar-refractivity contribution in [1.29, 1.82) is 0 Å². The highest BCUT2D eigenvalue weighted by Gasteiger charge is 2.40. The Morgan fingerprint density at radius 1 is 0.600 bits per heavy atom. The molecule has 0 spiro atoms. The molecule has 0 heterocycles. The first-order valence-electron chi connectivity index (χ1n) is 13.0. The van der Waals surface area contributed by atoms with Gasteiger partial charge >= 0.3 is 0 Å². The molecule has 204 valence electrons. The minimum atomic E-state index is -1.06. The minimum Gasteiger partial charge on any atom is -0.393 e. The molecule has 0 bridgehead atoms. The first-order valence-corrected chi connectivity index (χ1v) is 13.0. The van der Waals surface area contributed by atoms with Crippen LogP contribution in [0.15, 0.2) is 30.3 Å². The number of aliphatic hydroxyl groups is 6. The largest absolute Gasteiger partial charge is 0.393 e. The van der Waals surface area contributed by atoms with E-state index in [9.17, 15) is 30.6 Å². The van der Waals surface area contributed by atoms with Crippen molar-refractivity contribution in [1.82, 2.24) is 0 Å². The summed E-state index contributed by atoms with van der Waals surface area (Å²) in [5.41, 5.74) is 1.05. The fourth-order valence-electron chi connectivity index (χ4n) is 4.88. The summed E-state index contributed by atoms with van der Waals surface area (Å²) < 4.78 is 5.74. The van der Waals surface area contributed by atoms with E-state index in [1.165, 1.54) is 0 Å². The van der Waals surface area contributed by atoms with Crippen LogP contribution in [-0.2, 0) is 11.3 Å². The zero-order valence-electron chi connectivity index (χ0n) is 22.5. The van der Waals surface area contributed by atoms with Gasteiger partial charge in [0.2, 0.25) is 0 Å². The van der Waals surface area contributed by atoms with Crippen LogP contribution in [0.3, 0.4) is 0 Å². The van der Waals surface area contributed by atoms with E-state index < -0.39 is 66.2 Å². The van der Waals surface area contributed by atoms with Crippen molar-refractivity contribution in [3.05, 3.63) is 35.9 Å². The smallest absolute Gasteiger partial charge is 0.0717 e. The molecule has 0 saturated heterocycles. The van der Waals surface area contributed by atoms with Gasteiger partial charge in [0.05, 0.1) is 49.8 Å². The van der Waals surface area contributed by atoms with Gasteiger partial charge in [-0.1, -0.05) is 78.8 Å². The average Bonchev–Trinajstić information content (AvgIpc) is 2.88. The number of rotatable bonds is 16. The third-order valence-corrected chi connectivity index (χ3v) is 7.95. The molecule has 0 aliphatic carbocycles. The van der Waals surface area contributed by atoms with Gasteiger partial charge in [0.1, 0.15) is 0 Å². The van der Waals surface area contributed by atoms with Crippen LogP contribution in [-0.4, -0.2) is 73.9 Å². The molecule has 6 N–H and O–H groups in total. The molecule has 0 fully saturated rings. The van der Waals surface area contributed by atoms with E-state index in [0.29, 0.717) is 19.6 Å². The second kappa shape index (κ2) is 15.3. The Morgan fingerprint density at radius 3 is 1.43 bits per heavy atom. The number of benzene rings is 1. The molecule has 1 aromatic carbocycles. The molecule has 12 atom stereocenters. The van der Waals surface area contributed by atoms with Crippen LogP contribution in [0.4, 0.5) is 0 Å². The van der Waals surface area contributed by atoms with Crippen LogP contribution in [0, 0.1) is 35.5 Å². The van der Waals surface area contributed by atoms with Gasteiger partial charge in [-0.3, -0.25) is 0 Å². The molecule has 0 aliphatic heterocycles. The molecule has 0 aromatic heterocycles. The van der Waals surface area contributed by atoms with E-state index in [2.05, 4.69) is 0 Å². The van der Waals surface area contributed by atoms with Gasteiger partial charge in [0, 0.05) is 35.5 Å². The van der Waals surface area contributed by atoms with Gasteiger partial charge in [-0.15, -0.1) is 0 Å². The Balaban J connectivity index is 2.66. The SMILES string of the molecule is CC[C@@H](O)[C@@H](C)[C@@H](O)[C@H](C)[C@@H](O)[C@@H](C)[C@@H](O)[C@H](C)[C@@H](O)[C@@H](C)[C@@H](O)[C@H](C)COCc1ccccc1. The summed E-state index contributed by atoms with van der Waals surface area (Å²) in [6.07, 6.45) is -5.06. The zero-order valence-corrected chi connectivity index (χ0v) is 22.5. The molecule has 0 amide bonds. The first-order chi connectivity index (χ1) is 16.3. The summed E-state index contributed by atoms with van der Waals surface area (Å²) in [4.78, 5) is 0. The summed E-state index contributed by atoms with van der Waals surface area (Å²) >= 11 is 0. The lowest BCUT2D eigenvalue weighted by Gasteiger charge is -2.39. The quantitative estimate of drug-likeness (QED) is 0.207. The van der Waals surface area contributed by atoms with Crippen LogP contribution in [0.1, 0.15) is 60.5 Å². The summed E-state index contributed by atoms with van der Waals surface area (Å²) in [6, 6.07) is 9.76. The van der Waals surface area contributed by atoms with Crippen molar-refractivity contribution in [2.45, 2.75) is 98.1 Å². The molecule has 0 radical (unpaired) electrons. The van der Waals surface area contributed by atoms with E-state index in [0.717, 1.165) is 5.56 Å². The number of hydrogen-bond acceptors (Lipinski definition) is 7. The molecule has 35 heavy (non-hydrogen) atoms. The monoisotopic (exact) mass is 498 g/mol. The molecular formula is C28H50O7. The van der Waals surface area contributed by atoms with Crippen molar-refractivity contribution in [3.8, 4) is 0 Å². The van der Waals surface area contributed by atoms with Gasteiger partial charge < -0.3 is 35.4 Å². The van der Waals surface area contributed by atoms with Gasteiger partial charge in [-0.2, -0.15) is 0 Å². The van der Waals surface area contributed by atoms with Crippen LogP contribution >= 0.6 is 0 Å². The molecule has 7 nitrogen and oxygen atoms in total. The lowest BCUT2D eigenvalue weighted by molar-refractivity contribution is -0.110. The predicted octanol–water partition coefficient (Wildman–Crippen LogP) is 2.60. The second-order valence-electron chi connectivity index (χ2n) is 10.7. The topological polar surface area (TPSA) is 131 Å². The predicted molar refractivity (Wildman–Crippen MR) is 137 cm³/mol. The lowest BCUT2D eigenvalue weighted by Crippen LogP contribution is -2.48. The van der Waals surface area contributed by atoms with Gasteiger partial charge in [-0.05, 0) is 12.0 Å². The van der Waals surface area contributed by atoms with E-state index in [4.69, 9.17) is 4.74 Å². The Morgan fingerprint density at radius 2 is 1.00 bits per heavy atom. The second-order valence-corrected chi connectivity index (χ2v) is 10.7. The minimum absolute atomic E-state index is 0.225. The first kappa shape index (κ1) is 32.0. The van der Waals surface area contributed by atoms with Crippen LogP contribution in [0.2, 0.25) is 0 Å². The Kier molecular flexibility index (Phi) is 13.9. The van der Waals surface area contributed by atoms with Crippen LogP contribution < -0.4 is 0 Å². The third-order valence-electron chi connectivity index (χ3n) is 7.95. The molecule has 1 rings (SSSR count). The van der Waals surface area contributed by atoms with E-state index in [1.807, 2.05) is 44.2 Å². The average molecular weight is 499 g/mol. The Labute approximate surface area is 211 Å². The normalized spacial score (nSPS) is 22.7. The fourth-order valence-corrected chi connectivity index (χ4v) is 4.88. The van der Waals surface area contributed by atoms with Gasteiger partial charge in [0.25, 0.3) is 0 Å². The highest BCUT2D eigenvalue weighted by molar-refractivity contribution is 5.13. The maximum Gasteiger partial charge on any atom is 0.0717 e. The number of aliphatic hydroxyl groups excluding tert-OH is 6. The van der Waals surface area contributed by atoms with Crippen molar-refractivity contribution in [3.63, 3.8) is 0 Å². The number of hydrogen-bond donors (Lipinski definition) is 6. The summed E-state index contributed by atoms with van der Waals surface area (Å²) in [7, 11) is 0. The fraction of sp³-hybridized carbons (Fsp3) is 0.786. The molecule has 0 aliphatic rings. The molecule has 0 saturated carbocycles. The van der Waals surface area contributed by atoms with Gasteiger partial charge in [0.15, 0.2) is 0 Å². The summed E-state index contributed by atoms with van der Waals surface area (Å²) in [5, 5.41) is 64.2. The van der Waals surface area contributed by atoms with Crippen molar-refractivity contribution in [2.24, 2.45) is 35.5 Å². The van der Waals surface area contributed by atoms with Crippen molar-refractivity contribution in [2.75, 3.05) is 6.61 Å². The molecule has 0 unspecified atom stereocenters. The third kappa shape index (κ3) is 9.08. The maximum atomic E-state index is 10.9. The van der Waals surface area contributed by atoms with Crippen LogP contribution in [0.5, 0.6) is 0 Å². The van der Waals surface area contributed by atoms with Crippen molar-refractivity contribution < 1.29 is 35.4 Å². The summed E-state index contributed by atoms with van der Waals surface area (Å²) in [5.74, 6) is -3.00. The van der Waals surface area contributed by atoms with E-state index >= 15 is 0 Å².